The first-order chi connectivity index (χ1) is 9.65. The molecule has 3 rings (SSSR count). The van der Waals surface area contributed by atoms with Crippen LogP contribution in [0.5, 0.6) is 0 Å². The zero-order valence-electron chi connectivity index (χ0n) is 12.1. The number of benzene rings is 1. The fraction of sp³-hybridized carbons (Fsp3) is 0.588. The number of rotatable bonds is 3. The van der Waals surface area contributed by atoms with E-state index in [0.717, 1.165) is 36.6 Å². The highest BCUT2D eigenvalue weighted by Crippen LogP contribution is 2.30. The van der Waals surface area contributed by atoms with Gasteiger partial charge >= 0.3 is 0 Å². The molecule has 0 amide bonds. The number of hydrogen-bond donors (Lipinski definition) is 0. The van der Waals surface area contributed by atoms with Gasteiger partial charge in [-0.2, -0.15) is 0 Å². The van der Waals surface area contributed by atoms with E-state index in [9.17, 15) is 4.79 Å². The third-order valence-corrected chi connectivity index (χ3v) is 5.10. The number of ketones is 1. The third-order valence-electron chi connectivity index (χ3n) is 4.87. The highest BCUT2D eigenvalue weighted by molar-refractivity contribution is 6.30. The summed E-state index contributed by atoms with van der Waals surface area (Å²) in [7, 11) is 0. The fourth-order valence-corrected chi connectivity index (χ4v) is 3.65. The largest absolute Gasteiger partial charge is 0.300 e. The topological polar surface area (TPSA) is 20.3 Å². The molecule has 20 heavy (non-hydrogen) atoms. The first-order valence-corrected chi connectivity index (χ1v) is 8.07. The van der Waals surface area contributed by atoms with Crippen molar-refractivity contribution >= 4 is 17.4 Å². The van der Waals surface area contributed by atoms with Crippen LogP contribution in [-0.4, -0.2) is 29.8 Å². The molecule has 0 bridgehead atoms. The maximum atomic E-state index is 12.7. The van der Waals surface area contributed by atoms with Crippen LogP contribution in [0.3, 0.4) is 0 Å². The Morgan fingerprint density at radius 3 is 2.70 bits per heavy atom. The van der Waals surface area contributed by atoms with Gasteiger partial charge < -0.3 is 0 Å². The van der Waals surface area contributed by atoms with Gasteiger partial charge in [-0.25, -0.2) is 0 Å². The van der Waals surface area contributed by atoms with E-state index in [4.69, 9.17) is 11.6 Å². The molecule has 108 valence electrons. The predicted octanol–water partition coefficient (Wildman–Crippen LogP) is 4.10. The summed E-state index contributed by atoms with van der Waals surface area (Å²) in [4.78, 5) is 15.3. The van der Waals surface area contributed by atoms with Gasteiger partial charge in [-0.05, 0) is 62.9 Å². The quantitative estimate of drug-likeness (QED) is 0.782. The minimum Gasteiger partial charge on any atom is -0.300 e. The molecule has 2 aliphatic rings. The van der Waals surface area contributed by atoms with Gasteiger partial charge in [0.05, 0.1) is 0 Å². The maximum absolute atomic E-state index is 12.7. The van der Waals surface area contributed by atoms with Crippen LogP contribution in [0, 0.1) is 12.8 Å². The van der Waals surface area contributed by atoms with Gasteiger partial charge in [-0.3, -0.25) is 9.69 Å². The van der Waals surface area contributed by atoms with Crippen molar-refractivity contribution in [1.29, 1.82) is 0 Å². The average molecular weight is 292 g/mol. The number of carbonyl (C=O) groups is 1. The molecule has 0 aromatic heterocycles. The molecule has 1 atom stereocenters. The highest BCUT2D eigenvalue weighted by Gasteiger charge is 2.32. The van der Waals surface area contributed by atoms with Crippen LogP contribution in [-0.2, 0) is 0 Å². The summed E-state index contributed by atoms with van der Waals surface area (Å²) in [5.41, 5.74) is 1.86. The Labute approximate surface area is 126 Å². The first kappa shape index (κ1) is 14.1. The number of piperidine rings is 1. The molecule has 2 nitrogen and oxygen atoms in total. The molecule has 0 spiro atoms. The zero-order valence-corrected chi connectivity index (χ0v) is 12.8. The molecule has 1 saturated carbocycles. The number of aryl methyl sites for hydroxylation is 1. The van der Waals surface area contributed by atoms with Crippen LogP contribution < -0.4 is 0 Å². The Morgan fingerprint density at radius 2 is 2.05 bits per heavy atom. The molecule has 0 unspecified atom stereocenters. The van der Waals surface area contributed by atoms with Crippen molar-refractivity contribution in [3.63, 3.8) is 0 Å². The van der Waals surface area contributed by atoms with E-state index >= 15 is 0 Å². The van der Waals surface area contributed by atoms with Crippen molar-refractivity contribution in [1.82, 2.24) is 4.90 Å². The van der Waals surface area contributed by atoms with E-state index < -0.39 is 0 Å². The molecule has 0 N–H and O–H groups in total. The van der Waals surface area contributed by atoms with Gasteiger partial charge in [0.15, 0.2) is 5.78 Å². The minimum atomic E-state index is 0.171. The van der Waals surface area contributed by atoms with Crippen molar-refractivity contribution in [2.75, 3.05) is 13.1 Å². The van der Waals surface area contributed by atoms with Crippen molar-refractivity contribution in [2.24, 2.45) is 5.92 Å². The molecule has 1 aliphatic heterocycles. The minimum absolute atomic E-state index is 0.171. The molecule has 1 aromatic carbocycles. The second-order valence-corrected chi connectivity index (χ2v) is 6.68. The molecular weight excluding hydrogens is 270 g/mol. The Bertz CT molecular complexity index is 510. The van der Waals surface area contributed by atoms with Crippen LogP contribution in [0.15, 0.2) is 18.2 Å². The van der Waals surface area contributed by atoms with Gasteiger partial charge in [0.2, 0.25) is 0 Å². The number of nitrogens with zero attached hydrogens (tertiary/aromatic N) is 1. The highest BCUT2D eigenvalue weighted by atomic mass is 35.5. The molecule has 3 heteroatoms. The summed E-state index contributed by atoms with van der Waals surface area (Å²) in [5, 5.41) is 0.707. The Balaban J connectivity index is 1.72. The number of likely N-dealkylation sites (tertiary alicyclic amines) is 1. The van der Waals surface area contributed by atoms with E-state index in [1.165, 1.54) is 25.8 Å². The van der Waals surface area contributed by atoms with Crippen molar-refractivity contribution < 1.29 is 4.79 Å². The summed E-state index contributed by atoms with van der Waals surface area (Å²) < 4.78 is 0. The summed E-state index contributed by atoms with van der Waals surface area (Å²) in [6, 6.07) is 6.36. The lowest BCUT2D eigenvalue weighted by molar-refractivity contribution is 0.0612. The second-order valence-electron chi connectivity index (χ2n) is 6.24. The van der Waals surface area contributed by atoms with Gasteiger partial charge in [0.1, 0.15) is 0 Å². The van der Waals surface area contributed by atoms with Crippen molar-refractivity contribution in [3.05, 3.63) is 34.3 Å². The molecular formula is C17H22ClNO. The van der Waals surface area contributed by atoms with Crippen LogP contribution >= 0.6 is 11.6 Å². The Morgan fingerprint density at radius 1 is 1.25 bits per heavy atom. The zero-order chi connectivity index (χ0) is 14.1. The van der Waals surface area contributed by atoms with Gasteiger partial charge in [0.25, 0.3) is 0 Å². The molecule has 1 saturated heterocycles. The fourth-order valence-electron chi connectivity index (χ4n) is 3.43. The molecule has 0 radical (unpaired) electrons. The lowest BCUT2D eigenvalue weighted by Gasteiger charge is -2.42. The third kappa shape index (κ3) is 2.77. The maximum Gasteiger partial charge on any atom is 0.167 e. The van der Waals surface area contributed by atoms with Crippen LogP contribution in [0.4, 0.5) is 0 Å². The van der Waals surface area contributed by atoms with E-state index in [2.05, 4.69) is 4.90 Å². The number of Topliss-reactive ketones (excluding diaryl/α,β-unsaturated/α-hetero) is 1. The number of carbonyl (C=O) groups excluding carboxylic acids is 1. The Kier molecular flexibility index (Phi) is 4.13. The van der Waals surface area contributed by atoms with Crippen molar-refractivity contribution in [3.8, 4) is 0 Å². The van der Waals surface area contributed by atoms with Crippen LogP contribution in [0.25, 0.3) is 0 Å². The van der Waals surface area contributed by atoms with E-state index in [1.807, 2.05) is 25.1 Å². The summed E-state index contributed by atoms with van der Waals surface area (Å²) >= 11 is 5.98. The number of hydrogen-bond acceptors (Lipinski definition) is 2. The standard InChI is InChI=1S/C17H22ClNO/c1-12-10-14(18)7-8-16(12)17(20)13-4-3-9-19(11-13)15-5-2-6-15/h7-8,10,13,15H,2-6,9,11H2,1H3/t13-/m0/s1. The van der Waals surface area contributed by atoms with E-state index in [1.54, 1.807) is 0 Å². The van der Waals surface area contributed by atoms with E-state index in [0.29, 0.717) is 10.8 Å². The number of halogens is 1. The van der Waals surface area contributed by atoms with Gasteiger partial charge in [-0.15, -0.1) is 0 Å². The summed E-state index contributed by atoms with van der Waals surface area (Å²) in [5.74, 6) is 0.479. The molecule has 1 aliphatic carbocycles. The smallest absolute Gasteiger partial charge is 0.167 e. The molecule has 1 heterocycles. The first-order valence-electron chi connectivity index (χ1n) is 7.69. The summed E-state index contributed by atoms with van der Waals surface area (Å²) in [6.07, 6.45) is 6.18. The van der Waals surface area contributed by atoms with Gasteiger partial charge in [0, 0.05) is 29.1 Å². The lowest BCUT2D eigenvalue weighted by Crippen LogP contribution is -2.47. The van der Waals surface area contributed by atoms with E-state index in [-0.39, 0.29) is 5.92 Å². The summed E-state index contributed by atoms with van der Waals surface area (Å²) in [6.45, 7) is 4.10. The average Bonchev–Trinajstić information content (AvgIpc) is 2.36. The second kappa shape index (κ2) is 5.87. The van der Waals surface area contributed by atoms with Crippen molar-refractivity contribution in [2.45, 2.75) is 45.1 Å². The van der Waals surface area contributed by atoms with Gasteiger partial charge in [-0.1, -0.05) is 18.0 Å². The Hall–Kier alpha value is -0.860. The lowest BCUT2D eigenvalue weighted by atomic mass is 9.84. The molecule has 2 fully saturated rings. The van der Waals surface area contributed by atoms with Crippen LogP contribution in [0.2, 0.25) is 5.02 Å². The molecule has 1 aromatic rings. The van der Waals surface area contributed by atoms with Crippen LogP contribution in [0.1, 0.15) is 48.0 Å². The normalized spacial score (nSPS) is 24.4. The predicted molar refractivity (Wildman–Crippen MR) is 82.5 cm³/mol. The SMILES string of the molecule is Cc1cc(Cl)ccc1C(=O)[C@H]1CCCN(C2CCC2)C1. The monoisotopic (exact) mass is 291 g/mol.